The van der Waals surface area contributed by atoms with E-state index in [4.69, 9.17) is 19.7 Å². The fraction of sp³-hybridized carbons (Fsp3) is 0.542. The number of methoxy groups -OCH3 is 1. The first-order chi connectivity index (χ1) is 18.6. The standard InChI is InChI=1S/C24H32N12O2/c1-34-7-9-35(10-8-34)23-29-22(28-19-12-17(32-33-19)15-3-4-15)30-24(31-23)36-14-16(38-2)11-18(36)21(37)27-20-13-25-5-6-26-20/h5-6,12-13,15-16,18H,3-4,7-11,14H2,1-2H3,(H,26,27,37)(H2,28,29,30,31,32,33)/t16-,18-/m0/s1. The van der Waals surface area contributed by atoms with Crippen molar-refractivity contribution in [1.82, 2.24) is 40.0 Å². The van der Waals surface area contributed by atoms with E-state index in [0.29, 0.717) is 42.5 Å². The number of nitrogens with one attached hydrogen (secondary N) is 3. The van der Waals surface area contributed by atoms with Gasteiger partial charge in [0.2, 0.25) is 23.8 Å². The summed E-state index contributed by atoms with van der Waals surface area (Å²) in [7, 11) is 3.76. The average Bonchev–Trinajstić information content (AvgIpc) is 3.52. The van der Waals surface area contributed by atoms with E-state index in [9.17, 15) is 4.79 Å². The predicted molar refractivity (Wildman–Crippen MR) is 141 cm³/mol. The third kappa shape index (κ3) is 5.36. The van der Waals surface area contributed by atoms with E-state index in [-0.39, 0.29) is 12.0 Å². The number of amides is 1. The summed E-state index contributed by atoms with van der Waals surface area (Å²) in [5.41, 5.74) is 1.05. The van der Waals surface area contributed by atoms with Crippen LogP contribution in [0.25, 0.3) is 0 Å². The number of ether oxygens (including phenoxy) is 1. The fourth-order valence-electron chi connectivity index (χ4n) is 4.81. The van der Waals surface area contributed by atoms with Gasteiger partial charge in [0.05, 0.1) is 18.0 Å². The Balaban J connectivity index is 1.30. The van der Waals surface area contributed by atoms with Crippen molar-refractivity contribution in [2.75, 3.05) is 67.3 Å². The van der Waals surface area contributed by atoms with Crippen LogP contribution in [0.4, 0.5) is 29.5 Å². The number of anilines is 5. The molecule has 1 saturated carbocycles. The summed E-state index contributed by atoms with van der Waals surface area (Å²) in [6.07, 6.45) is 7.29. The maximum atomic E-state index is 13.3. The summed E-state index contributed by atoms with van der Waals surface area (Å²) < 4.78 is 5.64. The second-order valence-electron chi connectivity index (χ2n) is 10.00. The molecule has 5 heterocycles. The van der Waals surface area contributed by atoms with E-state index < -0.39 is 6.04 Å². The van der Waals surface area contributed by atoms with Gasteiger partial charge in [-0.05, 0) is 19.9 Å². The van der Waals surface area contributed by atoms with Gasteiger partial charge in [-0.25, -0.2) is 4.98 Å². The highest BCUT2D eigenvalue weighted by molar-refractivity contribution is 5.96. The van der Waals surface area contributed by atoms with Crippen molar-refractivity contribution < 1.29 is 9.53 Å². The smallest absolute Gasteiger partial charge is 0.248 e. The van der Waals surface area contributed by atoms with Crippen LogP contribution in [0.2, 0.25) is 0 Å². The number of piperazine rings is 1. The van der Waals surface area contributed by atoms with Crippen LogP contribution >= 0.6 is 0 Å². The molecule has 14 nitrogen and oxygen atoms in total. The Morgan fingerprint density at radius 1 is 1.11 bits per heavy atom. The molecule has 6 rings (SSSR count). The van der Waals surface area contributed by atoms with Crippen LogP contribution in [0, 0.1) is 0 Å². The maximum absolute atomic E-state index is 13.3. The van der Waals surface area contributed by atoms with E-state index in [0.717, 1.165) is 37.7 Å². The number of carbonyl (C=O) groups is 1. The molecule has 3 fully saturated rings. The Hall–Kier alpha value is -3.91. The molecule has 0 radical (unpaired) electrons. The molecule has 2 aliphatic heterocycles. The first-order valence-electron chi connectivity index (χ1n) is 12.9. The third-order valence-corrected chi connectivity index (χ3v) is 7.21. The normalized spacial score (nSPS) is 22.1. The Labute approximate surface area is 220 Å². The molecule has 1 aliphatic carbocycles. The number of hydrogen-bond donors (Lipinski definition) is 3. The number of aromatic amines is 1. The van der Waals surface area contributed by atoms with Gasteiger partial charge in [0.1, 0.15) is 11.9 Å². The third-order valence-electron chi connectivity index (χ3n) is 7.21. The molecular weight excluding hydrogens is 488 g/mol. The van der Waals surface area contributed by atoms with Crippen molar-refractivity contribution in [3.05, 3.63) is 30.4 Å². The van der Waals surface area contributed by atoms with Gasteiger partial charge in [-0.1, -0.05) is 0 Å². The summed E-state index contributed by atoms with van der Waals surface area (Å²) in [4.78, 5) is 42.2. The number of likely N-dealkylation sites (N-methyl/N-ethyl adjacent to an activating group) is 1. The summed E-state index contributed by atoms with van der Waals surface area (Å²) >= 11 is 0. The zero-order valence-corrected chi connectivity index (χ0v) is 21.5. The lowest BCUT2D eigenvalue weighted by Gasteiger charge is -2.33. The van der Waals surface area contributed by atoms with Gasteiger partial charge in [-0.15, -0.1) is 0 Å². The number of carbonyl (C=O) groups excluding carboxylic acids is 1. The number of aromatic nitrogens is 7. The van der Waals surface area contributed by atoms with Crippen molar-refractivity contribution in [2.45, 2.75) is 37.3 Å². The minimum atomic E-state index is -0.550. The van der Waals surface area contributed by atoms with E-state index in [1.165, 1.54) is 25.2 Å². The van der Waals surface area contributed by atoms with Gasteiger partial charge in [-0.2, -0.15) is 20.1 Å². The number of nitrogens with zero attached hydrogens (tertiary/aromatic N) is 9. The Morgan fingerprint density at radius 3 is 2.66 bits per heavy atom. The topological polar surface area (TPSA) is 153 Å². The van der Waals surface area contributed by atoms with E-state index in [1.54, 1.807) is 13.3 Å². The zero-order chi connectivity index (χ0) is 26.1. The zero-order valence-electron chi connectivity index (χ0n) is 21.5. The van der Waals surface area contributed by atoms with E-state index in [1.807, 2.05) is 11.0 Å². The van der Waals surface area contributed by atoms with Gasteiger partial charge in [0.15, 0.2) is 5.82 Å². The average molecular weight is 521 g/mol. The van der Waals surface area contributed by atoms with Crippen LogP contribution < -0.4 is 20.4 Å². The predicted octanol–water partition coefficient (Wildman–Crippen LogP) is 0.990. The van der Waals surface area contributed by atoms with E-state index >= 15 is 0 Å². The molecule has 0 aromatic carbocycles. The molecule has 3 N–H and O–H groups in total. The molecule has 0 spiro atoms. The number of hydrogen-bond acceptors (Lipinski definition) is 12. The van der Waals surface area contributed by atoms with Crippen molar-refractivity contribution in [1.29, 1.82) is 0 Å². The number of H-pyrrole nitrogens is 1. The molecule has 3 aromatic rings. The minimum absolute atomic E-state index is 0.151. The monoisotopic (exact) mass is 520 g/mol. The summed E-state index contributed by atoms with van der Waals surface area (Å²) in [5.74, 6) is 2.80. The van der Waals surface area contributed by atoms with Crippen molar-refractivity contribution in [2.24, 2.45) is 0 Å². The van der Waals surface area contributed by atoms with Crippen LogP contribution in [-0.2, 0) is 9.53 Å². The summed E-state index contributed by atoms with van der Waals surface area (Å²) in [6.45, 7) is 3.89. The van der Waals surface area contributed by atoms with E-state index in [2.05, 4.69) is 47.6 Å². The Bertz CT molecular complexity index is 1260. The second-order valence-corrected chi connectivity index (χ2v) is 10.00. The fourth-order valence-corrected chi connectivity index (χ4v) is 4.81. The molecule has 0 unspecified atom stereocenters. The molecule has 0 bridgehead atoms. The molecule has 14 heteroatoms. The van der Waals surface area contributed by atoms with Crippen LogP contribution in [0.15, 0.2) is 24.7 Å². The van der Waals surface area contributed by atoms with Gasteiger partial charge in [-0.3, -0.25) is 14.9 Å². The van der Waals surface area contributed by atoms with Crippen LogP contribution in [0.1, 0.15) is 30.9 Å². The van der Waals surface area contributed by atoms with Crippen LogP contribution in [-0.4, -0.2) is 105 Å². The highest BCUT2D eigenvalue weighted by atomic mass is 16.5. The van der Waals surface area contributed by atoms with Crippen LogP contribution in [0.3, 0.4) is 0 Å². The quantitative estimate of drug-likeness (QED) is 0.388. The maximum Gasteiger partial charge on any atom is 0.248 e. The SMILES string of the molecule is CO[C@H]1C[C@@H](C(=O)Nc2cnccn2)N(c2nc(Nc3cc(C4CC4)n[nH]3)nc(N3CCN(C)CC3)n2)C1. The molecule has 38 heavy (non-hydrogen) atoms. The number of rotatable bonds is 8. The van der Waals surface area contributed by atoms with Gasteiger partial charge in [0.25, 0.3) is 0 Å². The Kier molecular flexibility index (Phi) is 6.72. The first kappa shape index (κ1) is 24.4. The molecule has 200 valence electrons. The summed E-state index contributed by atoms with van der Waals surface area (Å²) in [6, 6.07) is 1.45. The lowest BCUT2D eigenvalue weighted by atomic mass is 10.2. The van der Waals surface area contributed by atoms with Gasteiger partial charge >= 0.3 is 0 Å². The molecule has 2 saturated heterocycles. The molecule has 3 aliphatic rings. The van der Waals surface area contributed by atoms with Crippen molar-refractivity contribution in [3.8, 4) is 0 Å². The minimum Gasteiger partial charge on any atom is -0.380 e. The largest absolute Gasteiger partial charge is 0.380 e. The lowest BCUT2D eigenvalue weighted by molar-refractivity contribution is -0.117. The highest BCUT2D eigenvalue weighted by Gasteiger charge is 2.39. The molecule has 2 atom stereocenters. The Morgan fingerprint density at radius 2 is 1.92 bits per heavy atom. The van der Waals surface area contributed by atoms with Gasteiger partial charge in [0, 0.05) is 70.6 Å². The molecule has 3 aromatic heterocycles. The highest BCUT2D eigenvalue weighted by Crippen LogP contribution is 2.39. The first-order valence-corrected chi connectivity index (χ1v) is 12.9. The lowest BCUT2D eigenvalue weighted by Crippen LogP contribution is -2.45. The molecular formula is C24H32N12O2. The van der Waals surface area contributed by atoms with Crippen LogP contribution in [0.5, 0.6) is 0 Å². The van der Waals surface area contributed by atoms with Gasteiger partial charge < -0.3 is 30.1 Å². The van der Waals surface area contributed by atoms with Crippen molar-refractivity contribution >= 4 is 35.4 Å². The summed E-state index contributed by atoms with van der Waals surface area (Å²) in [5, 5.41) is 13.6. The second kappa shape index (κ2) is 10.5. The van der Waals surface area contributed by atoms with Crippen molar-refractivity contribution in [3.63, 3.8) is 0 Å². The molecule has 1 amide bonds.